The largest absolute Gasteiger partial charge is 0.463 e. The van der Waals surface area contributed by atoms with Gasteiger partial charge < -0.3 is 28.4 Å². The number of hydrogen-bond donors (Lipinski definition) is 0. The van der Waals surface area contributed by atoms with Crippen LogP contribution in [0.1, 0.15) is 38.5 Å². The molecule has 8 atom stereocenters. The molecule has 3 aliphatic heterocycles. The van der Waals surface area contributed by atoms with Gasteiger partial charge in [-0.2, -0.15) is 0 Å². The van der Waals surface area contributed by atoms with Crippen LogP contribution in [0.15, 0.2) is 0 Å². The first-order valence-electron chi connectivity index (χ1n) is 10.1. The third-order valence-corrected chi connectivity index (χ3v) is 6.32. The van der Waals surface area contributed by atoms with Gasteiger partial charge in [0, 0.05) is 5.92 Å². The van der Waals surface area contributed by atoms with E-state index in [2.05, 4.69) is 0 Å². The minimum atomic E-state index is -0.119. The van der Waals surface area contributed by atoms with E-state index in [0.29, 0.717) is 56.8 Å². The van der Waals surface area contributed by atoms with Gasteiger partial charge >= 0.3 is 5.97 Å². The summed E-state index contributed by atoms with van der Waals surface area (Å²) in [5, 5.41) is 0. The van der Waals surface area contributed by atoms with Gasteiger partial charge in [0.2, 0.25) is 0 Å². The molecule has 2 saturated carbocycles. The average molecular weight is 368 g/mol. The zero-order valence-electron chi connectivity index (χ0n) is 15.0. The van der Waals surface area contributed by atoms with Gasteiger partial charge in [-0.05, 0) is 38.5 Å². The molecule has 7 heteroatoms. The Morgan fingerprint density at radius 1 is 0.885 bits per heavy atom. The zero-order chi connectivity index (χ0) is 17.5. The lowest BCUT2D eigenvalue weighted by Gasteiger charge is -2.24. The first-order valence-corrected chi connectivity index (χ1v) is 10.1. The van der Waals surface area contributed by atoms with Gasteiger partial charge in [-0.1, -0.05) is 0 Å². The quantitative estimate of drug-likeness (QED) is 0.382. The molecule has 0 aromatic heterocycles. The summed E-state index contributed by atoms with van der Waals surface area (Å²) in [4.78, 5) is 12.0. The lowest BCUT2D eigenvalue weighted by molar-refractivity contribution is -0.151. The van der Waals surface area contributed by atoms with E-state index in [1.54, 1.807) is 0 Å². The Kier molecular flexibility index (Phi) is 4.92. The van der Waals surface area contributed by atoms with Crippen molar-refractivity contribution in [2.24, 2.45) is 11.8 Å². The average Bonchev–Trinajstić information content (AvgIpc) is 3.56. The predicted molar refractivity (Wildman–Crippen MR) is 88.4 cm³/mol. The van der Waals surface area contributed by atoms with Crippen LogP contribution in [0.2, 0.25) is 0 Å². The second-order valence-corrected chi connectivity index (χ2v) is 8.21. The monoisotopic (exact) mass is 368 g/mol. The molecule has 7 nitrogen and oxygen atoms in total. The van der Waals surface area contributed by atoms with Gasteiger partial charge in [-0.25, -0.2) is 0 Å². The maximum absolute atomic E-state index is 12.0. The van der Waals surface area contributed by atoms with E-state index >= 15 is 0 Å². The van der Waals surface area contributed by atoms with Crippen molar-refractivity contribution >= 4 is 5.97 Å². The van der Waals surface area contributed by atoms with Crippen molar-refractivity contribution in [3.63, 3.8) is 0 Å². The SMILES string of the molecule is O=C(OCCOCC1COC(C2CCC3OC3C2)O1)C1CCC2OC2C1. The summed E-state index contributed by atoms with van der Waals surface area (Å²) in [7, 11) is 0. The van der Waals surface area contributed by atoms with Gasteiger partial charge in [0.15, 0.2) is 6.29 Å². The van der Waals surface area contributed by atoms with Crippen LogP contribution < -0.4 is 0 Å². The Morgan fingerprint density at radius 3 is 2.50 bits per heavy atom. The highest BCUT2D eigenvalue weighted by atomic mass is 16.7. The highest BCUT2D eigenvalue weighted by molar-refractivity contribution is 5.72. The molecular weight excluding hydrogens is 340 g/mol. The van der Waals surface area contributed by atoms with Crippen LogP contribution in [-0.4, -0.2) is 69.2 Å². The lowest BCUT2D eigenvalue weighted by atomic mass is 9.89. The van der Waals surface area contributed by atoms with Gasteiger partial charge in [0.05, 0.1) is 50.2 Å². The second kappa shape index (κ2) is 7.36. The Balaban J connectivity index is 0.938. The molecule has 0 spiro atoms. The number of rotatable bonds is 7. The van der Waals surface area contributed by atoms with Crippen LogP contribution in [-0.2, 0) is 33.2 Å². The number of esters is 1. The molecule has 5 rings (SSSR count). The fourth-order valence-electron chi connectivity index (χ4n) is 4.64. The van der Waals surface area contributed by atoms with Crippen molar-refractivity contribution in [1.29, 1.82) is 0 Å². The molecule has 0 aromatic rings. The number of fused-ring (bicyclic) bond motifs is 2. The maximum atomic E-state index is 12.0. The molecule has 2 aliphatic carbocycles. The summed E-state index contributed by atoms with van der Waals surface area (Å²) in [6.07, 6.45) is 7.45. The van der Waals surface area contributed by atoms with E-state index in [-0.39, 0.29) is 24.3 Å². The molecule has 3 heterocycles. The van der Waals surface area contributed by atoms with Crippen LogP contribution in [0.3, 0.4) is 0 Å². The summed E-state index contributed by atoms with van der Waals surface area (Å²) < 4.78 is 33.8. The summed E-state index contributed by atoms with van der Waals surface area (Å²) >= 11 is 0. The molecule has 5 fully saturated rings. The van der Waals surface area contributed by atoms with Crippen molar-refractivity contribution in [1.82, 2.24) is 0 Å². The smallest absolute Gasteiger partial charge is 0.309 e. The molecule has 0 N–H and O–H groups in total. The molecular formula is C19H28O7. The van der Waals surface area contributed by atoms with Crippen LogP contribution in [0.5, 0.6) is 0 Å². The van der Waals surface area contributed by atoms with Crippen LogP contribution in [0.4, 0.5) is 0 Å². The number of carbonyl (C=O) groups excluding carboxylic acids is 1. The van der Waals surface area contributed by atoms with Gasteiger partial charge in [-0.15, -0.1) is 0 Å². The minimum absolute atomic E-state index is 0.00314. The minimum Gasteiger partial charge on any atom is -0.463 e. The number of carbonyl (C=O) groups is 1. The maximum Gasteiger partial charge on any atom is 0.309 e. The summed E-state index contributed by atoms with van der Waals surface area (Å²) in [6, 6.07) is 0. The zero-order valence-corrected chi connectivity index (χ0v) is 15.0. The molecule has 0 radical (unpaired) electrons. The fourth-order valence-corrected chi connectivity index (χ4v) is 4.64. The first-order chi connectivity index (χ1) is 12.8. The van der Waals surface area contributed by atoms with Crippen molar-refractivity contribution < 1.29 is 33.2 Å². The Morgan fingerprint density at radius 2 is 1.69 bits per heavy atom. The van der Waals surface area contributed by atoms with Gasteiger partial charge in [-0.3, -0.25) is 4.79 Å². The summed E-state index contributed by atoms with van der Waals surface area (Å²) in [6.45, 7) is 1.74. The summed E-state index contributed by atoms with van der Waals surface area (Å²) in [5.74, 6) is 0.327. The summed E-state index contributed by atoms with van der Waals surface area (Å²) in [5.41, 5.74) is 0. The molecule has 8 unspecified atom stereocenters. The highest BCUT2D eigenvalue weighted by Crippen LogP contribution is 2.42. The molecule has 3 saturated heterocycles. The molecule has 5 aliphatic rings. The molecule has 0 amide bonds. The van der Waals surface area contributed by atoms with Crippen molar-refractivity contribution in [3.05, 3.63) is 0 Å². The van der Waals surface area contributed by atoms with E-state index in [9.17, 15) is 4.79 Å². The molecule has 146 valence electrons. The normalized spacial score (nSPS) is 46.3. The third-order valence-electron chi connectivity index (χ3n) is 6.32. The molecule has 0 aromatic carbocycles. The van der Waals surface area contributed by atoms with Gasteiger partial charge in [0.1, 0.15) is 12.7 Å². The third kappa shape index (κ3) is 3.92. The van der Waals surface area contributed by atoms with Crippen molar-refractivity contribution in [2.45, 2.75) is 75.3 Å². The van der Waals surface area contributed by atoms with E-state index in [1.807, 2.05) is 0 Å². The first kappa shape index (κ1) is 17.4. The van der Waals surface area contributed by atoms with Crippen LogP contribution >= 0.6 is 0 Å². The predicted octanol–water partition coefficient (Wildman–Crippen LogP) is 1.42. The standard InChI is InChI=1S/C19H28O7/c20-18(11-1-3-14-16(7-11)25-14)22-6-5-21-9-13-10-23-19(24-13)12-2-4-15-17(8-12)26-15/h11-17,19H,1-10H2. The van der Waals surface area contributed by atoms with Crippen molar-refractivity contribution in [3.8, 4) is 0 Å². The number of ether oxygens (including phenoxy) is 6. The number of hydrogen-bond acceptors (Lipinski definition) is 7. The van der Waals surface area contributed by atoms with Crippen LogP contribution in [0, 0.1) is 11.8 Å². The lowest BCUT2D eigenvalue weighted by Crippen LogP contribution is -2.28. The highest BCUT2D eigenvalue weighted by Gasteiger charge is 2.48. The Labute approximate surface area is 153 Å². The van der Waals surface area contributed by atoms with E-state index < -0.39 is 0 Å². The fraction of sp³-hybridized carbons (Fsp3) is 0.947. The Hall–Kier alpha value is -0.730. The molecule has 0 bridgehead atoms. The number of epoxide rings is 2. The van der Waals surface area contributed by atoms with Gasteiger partial charge in [0.25, 0.3) is 0 Å². The van der Waals surface area contributed by atoms with Crippen LogP contribution in [0.25, 0.3) is 0 Å². The second-order valence-electron chi connectivity index (χ2n) is 8.21. The van der Waals surface area contributed by atoms with E-state index in [4.69, 9.17) is 28.4 Å². The Bertz CT molecular complexity index is 526. The topological polar surface area (TPSA) is 79.1 Å². The molecule has 26 heavy (non-hydrogen) atoms. The van der Waals surface area contributed by atoms with E-state index in [0.717, 1.165) is 38.5 Å². The van der Waals surface area contributed by atoms with E-state index in [1.165, 1.54) is 0 Å². The van der Waals surface area contributed by atoms with Crippen molar-refractivity contribution in [2.75, 3.05) is 26.4 Å².